The molecular weight excluding hydrogens is 448 g/mol. The predicted octanol–water partition coefficient (Wildman–Crippen LogP) is 6.62. The molecule has 0 heterocycles. The molecule has 1 unspecified atom stereocenters. The smallest absolute Gasteiger partial charge is 0.251 e. The number of nitrogens with two attached hydrogens (primary N) is 1. The van der Waals surface area contributed by atoms with Crippen molar-refractivity contribution in [2.45, 2.75) is 79.1 Å². The number of hydrogen-bond acceptors (Lipinski definition) is 3. The van der Waals surface area contributed by atoms with Crippen molar-refractivity contribution < 1.29 is 14.3 Å². The van der Waals surface area contributed by atoms with Gasteiger partial charge in [-0.1, -0.05) is 56.7 Å². The number of hydrogen-bond donors (Lipinski definition) is 2. The van der Waals surface area contributed by atoms with Gasteiger partial charge in [-0.05, 0) is 87.2 Å². The van der Waals surface area contributed by atoms with Crippen LogP contribution in [0.3, 0.4) is 0 Å². The van der Waals surface area contributed by atoms with Crippen molar-refractivity contribution in [2.24, 2.45) is 35.3 Å². The molecule has 5 nitrogen and oxygen atoms in total. The summed E-state index contributed by atoms with van der Waals surface area (Å²) in [6, 6.07) is 0. The fourth-order valence-corrected chi connectivity index (χ4v) is 5.40. The molecule has 0 aromatic heterocycles. The Morgan fingerprint density at radius 1 is 1.14 bits per heavy atom. The summed E-state index contributed by atoms with van der Waals surface area (Å²) in [6.45, 7) is 8.56. The van der Waals surface area contributed by atoms with Crippen molar-refractivity contribution in [3.63, 3.8) is 0 Å². The molecule has 0 saturated heterocycles. The molecule has 36 heavy (non-hydrogen) atoms. The van der Waals surface area contributed by atoms with E-state index in [1.807, 2.05) is 13.0 Å². The monoisotopic (exact) mass is 492 g/mol. The summed E-state index contributed by atoms with van der Waals surface area (Å²) in [5, 5.41) is 3.03. The molecule has 3 aliphatic rings. The summed E-state index contributed by atoms with van der Waals surface area (Å²) in [6.07, 6.45) is 23.5. The molecule has 0 aromatic rings. The highest BCUT2D eigenvalue weighted by atomic mass is 16.5. The van der Waals surface area contributed by atoms with E-state index in [0.717, 1.165) is 56.3 Å². The zero-order valence-corrected chi connectivity index (χ0v) is 22.5. The van der Waals surface area contributed by atoms with Gasteiger partial charge >= 0.3 is 0 Å². The third-order valence-electron chi connectivity index (χ3n) is 7.40. The topological polar surface area (TPSA) is 81.4 Å². The summed E-state index contributed by atoms with van der Waals surface area (Å²) in [5.41, 5.74) is 8.86. The van der Waals surface area contributed by atoms with Gasteiger partial charge < -0.3 is 15.8 Å². The van der Waals surface area contributed by atoms with E-state index in [9.17, 15) is 9.59 Å². The van der Waals surface area contributed by atoms with Crippen LogP contribution in [0, 0.1) is 29.6 Å². The molecule has 1 atom stereocenters. The zero-order chi connectivity index (χ0) is 26.1. The Balaban J connectivity index is 1.72. The number of carbonyl (C=O) groups excluding carboxylic acids is 2. The summed E-state index contributed by atoms with van der Waals surface area (Å²) >= 11 is 0. The minimum Gasteiger partial charge on any atom is -0.469 e. The second kappa shape index (κ2) is 13.5. The van der Waals surface area contributed by atoms with Gasteiger partial charge in [0.25, 0.3) is 5.91 Å². The molecule has 3 aliphatic carbocycles. The van der Waals surface area contributed by atoms with Crippen molar-refractivity contribution in [2.75, 3.05) is 0 Å². The van der Waals surface area contributed by atoms with Crippen LogP contribution in [-0.4, -0.2) is 11.8 Å². The minimum absolute atomic E-state index is 0.0851. The van der Waals surface area contributed by atoms with E-state index in [-0.39, 0.29) is 12.3 Å². The van der Waals surface area contributed by atoms with Gasteiger partial charge in [-0.2, -0.15) is 0 Å². The number of allylic oxidation sites excluding steroid dienone is 8. The first kappa shape index (κ1) is 27.8. The lowest BCUT2D eigenvalue weighted by molar-refractivity contribution is -0.117. The first-order valence-corrected chi connectivity index (χ1v) is 13.7. The third kappa shape index (κ3) is 8.39. The Hall–Kier alpha value is -2.82. The van der Waals surface area contributed by atoms with Gasteiger partial charge in [0, 0.05) is 24.1 Å². The fourth-order valence-electron chi connectivity index (χ4n) is 5.40. The first-order valence-electron chi connectivity index (χ1n) is 13.7. The third-order valence-corrected chi connectivity index (χ3v) is 7.40. The highest BCUT2D eigenvalue weighted by molar-refractivity contribution is 5.89. The normalized spacial score (nSPS) is 25.8. The largest absolute Gasteiger partial charge is 0.469 e. The number of ether oxygens (including phenoxy) is 1. The van der Waals surface area contributed by atoms with E-state index in [0.29, 0.717) is 35.3 Å². The molecule has 0 bridgehead atoms. The first-order chi connectivity index (χ1) is 17.3. The molecule has 0 spiro atoms. The van der Waals surface area contributed by atoms with Crippen LogP contribution in [0.1, 0.15) is 79.1 Å². The summed E-state index contributed by atoms with van der Waals surface area (Å²) in [4.78, 5) is 24.4. The molecule has 0 radical (unpaired) electrons. The Morgan fingerprint density at radius 3 is 2.42 bits per heavy atom. The van der Waals surface area contributed by atoms with Gasteiger partial charge in [0.2, 0.25) is 5.91 Å². The predicted molar refractivity (Wildman–Crippen MR) is 146 cm³/mol. The van der Waals surface area contributed by atoms with Crippen molar-refractivity contribution in [3.8, 4) is 0 Å². The second-order valence-corrected chi connectivity index (χ2v) is 10.8. The Kier molecular flexibility index (Phi) is 10.4. The number of carbonyl (C=O) groups is 2. The van der Waals surface area contributed by atoms with Crippen molar-refractivity contribution in [1.82, 2.24) is 5.32 Å². The average molecular weight is 493 g/mol. The standard InChI is InChI=1S/C31H44N2O3/c1-5-29(25-14-15-25)36-19-18-31(35)33-28(16-17-30(32)34)27(20-21(2)3)24-12-10-23(11-13-24)26-9-7-6-8-22(26)4/h5-7,9,16,18-25H,8,10-15,17H2,1-4H3,(H2,32,34)(H,33,35)/b19-18+,27-20-,28-16+,29-5-. The van der Waals surface area contributed by atoms with Crippen LogP contribution in [-0.2, 0) is 14.3 Å². The van der Waals surface area contributed by atoms with Gasteiger partial charge in [-0.3, -0.25) is 9.59 Å². The molecule has 3 rings (SSSR count). The maximum Gasteiger partial charge on any atom is 0.251 e. The lowest BCUT2D eigenvalue weighted by Crippen LogP contribution is -2.28. The highest BCUT2D eigenvalue weighted by Crippen LogP contribution is 2.42. The second-order valence-electron chi connectivity index (χ2n) is 10.8. The Morgan fingerprint density at radius 2 is 1.83 bits per heavy atom. The van der Waals surface area contributed by atoms with Crippen LogP contribution in [0.2, 0.25) is 0 Å². The highest BCUT2D eigenvalue weighted by Gasteiger charge is 2.30. The number of amides is 2. The molecule has 196 valence electrons. The molecule has 0 aromatic carbocycles. The average Bonchev–Trinajstić information content (AvgIpc) is 3.69. The van der Waals surface area contributed by atoms with Crippen molar-refractivity contribution >= 4 is 11.8 Å². The SMILES string of the molecule is C/C=C(\O/C=C/C(=O)NC(=C/CC(N)=O)/C(=C\C(C)C)C1CCC(C2=CC=CCC2C)CC1)C1CC1. The molecule has 5 heteroatoms. The molecule has 2 amide bonds. The molecule has 3 N–H and O–H groups in total. The van der Waals surface area contributed by atoms with Crippen LogP contribution in [0.25, 0.3) is 0 Å². The van der Waals surface area contributed by atoms with E-state index in [4.69, 9.17) is 10.5 Å². The van der Waals surface area contributed by atoms with E-state index in [1.54, 1.807) is 11.6 Å². The van der Waals surface area contributed by atoms with E-state index in [2.05, 4.69) is 50.4 Å². The molecule has 2 fully saturated rings. The van der Waals surface area contributed by atoms with E-state index < -0.39 is 5.91 Å². The van der Waals surface area contributed by atoms with E-state index in [1.165, 1.54) is 12.3 Å². The lowest BCUT2D eigenvalue weighted by atomic mass is 9.71. The van der Waals surface area contributed by atoms with Gasteiger partial charge in [-0.15, -0.1) is 0 Å². The van der Waals surface area contributed by atoms with Crippen LogP contribution >= 0.6 is 0 Å². The van der Waals surface area contributed by atoms with Gasteiger partial charge in [0.15, 0.2) is 0 Å². The number of rotatable bonds is 11. The van der Waals surface area contributed by atoms with Crippen LogP contribution in [0.4, 0.5) is 0 Å². The van der Waals surface area contributed by atoms with Crippen LogP contribution < -0.4 is 11.1 Å². The maximum absolute atomic E-state index is 12.8. The minimum atomic E-state index is -0.415. The Bertz CT molecular complexity index is 968. The van der Waals surface area contributed by atoms with Gasteiger partial charge in [-0.25, -0.2) is 0 Å². The Labute approximate surface area is 217 Å². The summed E-state index contributed by atoms with van der Waals surface area (Å²) < 4.78 is 5.69. The van der Waals surface area contributed by atoms with E-state index >= 15 is 0 Å². The van der Waals surface area contributed by atoms with Gasteiger partial charge in [0.05, 0.1) is 6.26 Å². The van der Waals surface area contributed by atoms with Gasteiger partial charge in [0.1, 0.15) is 5.76 Å². The van der Waals surface area contributed by atoms with Crippen LogP contribution in [0.5, 0.6) is 0 Å². The van der Waals surface area contributed by atoms with Crippen molar-refractivity contribution in [1.29, 1.82) is 0 Å². The summed E-state index contributed by atoms with van der Waals surface area (Å²) in [7, 11) is 0. The number of primary amides is 1. The van der Waals surface area contributed by atoms with Crippen molar-refractivity contribution in [3.05, 3.63) is 71.4 Å². The fraction of sp³-hybridized carbons (Fsp3) is 0.548. The quantitative estimate of drug-likeness (QED) is 0.193. The zero-order valence-electron chi connectivity index (χ0n) is 22.5. The molecular formula is C31H44N2O3. The molecule has 2 saturated carbocycles. The maximum atomic E-state index is 12.8. The number of nitrogens with one attached hydrogen (secondary N) is 1. The lowest BCUT2D eigenvalue weighted by Gasteiger charge is -2.35. The van der Waals surface area contributed by atoms with Crippen LogP contribution in [0.15, 0.2) is 71.4 Å². The molecule has 0 aliphatic heterocycles. The summed E-state index contributed by atoms with van der Waals surface area (Å²) in [5.74, 6) is 2.60.